The third kappa shape index (κ3) is 3.96. The van der Waals surface area contributed by atoms with Gasteiger partial charge in [0, 0.05) is 36.0 Å². The number of aryl methyl sites for hydroxylation is 1. The van der Waals surface area contributed by atoms with Gasteiger partial charge in [-0.25, -0.2) is 0 Å². The summed E-state index contributed by atoms with van der Waals surface area (Å²) in [6, 6.07) is 17.9. The van der Waals surface area contributed by atoms with E-state index in [1.165, 1.54) is 5.39 Å². The fourth-order valence-corrected chi connectivity index (χ4v) is 4.89. The molecule has 0 spiro atoms. The smallest absolute Gasteiger partial charge is 0.294 e. The second-order valence-corrected chi connectivity index (χ2v) is 9.21. The van der Waals surface area contributed by atoms with Gasteiger partial charge in [0.2, 0.25) is 0 Å². The second-order valence-electron chi connectivity index (χ2n) is 8.90. The number of carbonyl (C=O) groups excluding carboxylic acids is 1. The number of hydrogen-bond acceptors (Lipinski definition) is 4. The molecule has 1 aliphatic heterocycles. The molecule has 0 radical (unpaired) electrons. The summed E-state index contributed by atoms with van der Waals surface area (Å²) in [7, 11) is 4.02. The van der Waals surface area contributed by atoms with E-state index in [0.29, 0.717) is 30.4 Å². The Morgan fingerprint density at radius 1 is 1.15 bits per heavy atom. The van der Waals surface area contributed by atoms with E-state index in [2.05, 4.69) is 30.0 Å². The van der Waals surface area contributed by atoms with E-state index in [1.807, 2.05) is 49.3 Å². The summed E-state index contributed by atoms with van der Waals surface area (Å²) in [4.78, 5) is 17.5. The molecule has 4 aromatic rings. The third-order valence-corrected chi connectivity index (χ3v) is 6.68. The third-order valence-electron chi connectivity index (χ3n) is 6.31. The quantitative estimate of drug-likeness (QED) is 0.339. The summed E-state index contributed by atoms with van der Waals surface area (Å²) in [5.74, 6) is 1.47. The number of fused-ring (bicyclic) bond motifs is 4. The van der Waals surface area contributed by atoms with Crippen LogP contribution in [-0.4, -0.2) is 50.5 Å². The highest BCUT2D eigenvalue weighted by Crippen LogP contribution is 2.43. The van der Waals surface area contributed by atoms with Gasteiger partial charge >= 0.3 is 0 Å². The lowest BCUT2D eigenvalue weighted by Gasteiger charge is -2.17. The lowest BCUT2D eigenvalue weighted by molar-refractivity contribution is 0.0964. The van der Waals surface area contributed by atoms with Crippen molar-refractivity contribution < 1.29 is 13.9 Å². The monoisotopic (exact) mass is 462 g/mol. The Kier molecular flexibility index (Phi) is 5.77. The van der Waals surface area contributed by atoms with Crippen molar-refractivity contribution in [3.63, 3.8) is 0 Å². The van der Waals surface area contributed by atoms with Crippen LogP contribution >= 0.6 is 11.6 Å². The normalized spacial score (nSPS) is 15.5. The Hall–Kier alpha value is -3.02. The molecule has 3 aromatic carbocycles. The van der Waals surface area contributed by atoms with Crippen LogP contribution in [0.15, 0.2) is 59.0 Å². The zero-order valence-electron chi connectivity index (χ0n) is 19.1. The van der Waals surface area contributed by atoms with Crippen LogP contribution in [0.2, 0.25) is 0 Å². The number of ether oxygens (including phenoxy) is 1. The van der Waals surface area contributed by atoms with Crippen molar-refractivity contribution in [1.82, 2.24) is 4.90 Å². The van der Waals surface area contributed by atoms with E-state index >= 15 is 0 Å². The fourth-order valence-electron chi connectivity index (χ4n) is 4.64. The van der Waals surface area contributed by atoms with Crippen LogP contribution in [0, 0.1) is 6.92 Å². The summed E-state index contributed by atoms with van der Waals surface area (Å²) in [6.07, 6.45) is 0. The molecule has 1 amide bonds. The number of halogens is 1. The highest BCUT2D eigenvalue weighted by molar-refractivity contribution is 6.19. The van der Waals surface area contributed by atoms with Crippen molar-refractivity contribution >= 4 is 44.9 Å². The zero-order valence-corrected chi connectivity index (χ0v) is 19.9. The molecule has 0 saturated heterocycles. The van der Waals surface area contributed by atoms with E-state index in [0.717, 1.165) is 39.9 Å². The Morgan fingerprint density at radius 2 is 1.94 bits per heavy atom. The van der Waals surface area contributed by atoms with Gasteiger partial charge in [-0.3, -0.25) is 4.79 Å². The van der Waals surface area contributed by atoms with Crippen LogP contribution < -0.4 is 9.64 Å². The van der Waals surface area contributed by atoms with Crippen molar-refractivity contribution in [1.29, 1.82) is 0 Å². The lowest BCUT2D eigenvalue weighted by atomic mass is 9.93. The molecule has 33 heavy (non-hydrogen) atoms. The Bertz CT molecular complexity index is 1340. The molecule has 0 fully saturated rings. The topological polar surface area (TPSA) is 45.9 Å². The van der Waals surface area contributed by atoms with Gasteiger partial charge in [-0.15, -0.1) is 11.6 Å². The minimum atomic E-state index is -0.148. The summed E-state index contributed by atoms with van der Waals surface area (Å²) < 4.78 is 11.8. The molecule has 1 aromatic heterocycles. The first-order chi connectivity index (χ1) is 16.0. The number of carbonyl (C=O) groups is 1. The number of anilines is 1. The van der Waals surface area contributed by atoms with E-state index in [1.54, 1.807) is 6.07 Å². The summed E-state index contributed by atoms with van der Waals surface area (Å²) in [6.45, 7) is 4.05. The first kappa shape index (κ1) is 21.8. The molecule has 1 atom stereocenters. The molecular weight excluding hydrogens is 436 g/mol. The number of amides is 1. The van der Waals surface area contributed by atoms with E-state index < -0.39 is 0 Å². The van der Waals surface area contributed by atoms with Crippen LogP contribution in [0.3, 0.4) is 0 Å². The van der Waals surface area contributed by atoms with Crippen molar-refractivity contribution in [2.45, 2.75) is 12.8 Å². The van der Waals surface area contributed by atoms with Crippen LogP contribution in [0.5, 0.6) is 5.75 Å². The molecule has 0 N–H and O–H groups in total. The van der Waals surface area contributed by atoms with Crippen LogP contribution in [0.25, 0.3) is 21.7 Å². The van der Waals surface area contributed by atoms with E-state index in [4.69, 9.17) is 20.8 Å². The summed E-state index contributed by atoms with van der Waals surface area (Å²) in [5, 5.41) is 3.22. The van der Waals surface area contributed by atoms with Gasteiger partial charge in [0.25, 0.3) is 5.91 Å². The highest BCUT2D eigenvalue weighted by Gasteiger charge is 2.35. The van der Waals surface area contributed by atoms with Gasteiger partial charge in [-0.05, 0) is 73.3 Å². The van der Waals surface area contributed by atoms with Gasteiger partial charge in [-0.1, -0.05) is 24.3 Å². The highest BCUT2D eigenvalue weighted by atomic mass is 35.5. The van der Waals surface area contributed by atoms with E-state index in [-0.39, 0.29) is 11.8 Å². The lowest BCUT2D eigenvalue weighted by Crippen LogP contribution is -2.29. The largest absolute Gasteiger partial charge is 0.492 e. The average molecular weight is 463 g/mol. The number of furan rings is 1. The summed E-state index contributed by atoms with van der Waals surface area (Å²) >= 11 is 6.36. The first-order valence-electron chi connectivity index (χ1n) is 11.2. The summed E-state index contributed by atoms with van der Waals surface area (Å²) in [5.41, 5.74) is 3.88. The molecule has 170 valence electrons. The Balaban J connectivity index is 1.48. The molecule has 5 nitrogen and oxygen atoms in total. The number of nitrogens with zero attached hydrogens (tertiary/aromatic N) is 2. The van der Waals surface area contributed by atoms with Gasteiger partial charge in [0.1, 0.15) is 17.9 Å². The van der Waals surface area contributed by atoms with E-state index in [9.17, 15) is 4.79 Å². The molecule has 6 heteroatoms. The maximum absolute atomic E-state index is 13.6. The molecule has 5 rings (SSSR count). The van der Waals surface area contributed by atoms with Gasteiger partial charge in [0.15, 0.2) is 5.76 Å². The number of alkyl halides is 1. The fraction of sp³-hybridized carbons (Fsp3) is 0.296. The number of hydrogen-bond donors (Lipinski definition) is 0. The molecule has 0 unspecified atom stereocenters. The minimum absolute atomic E-state index is 0.0807. The maximum atomic E-state index is 13.6. The average Bonchev–Trinajstić information content (AvgIpc) is 3.40. The Labute approximate surface area is 198 Å². The molecule has 1 aliphatic rings. The second kappa shape index (κ2) is 8.73. The van der Waals surface area contributed by atoms with Crippen LogP contribution in [-0.2, 0) is 0 Å². The molecule has 0 aliphatic carbocycles. The maximum Gasteiger partial charge on any atom is 0.294 e. The predicted molar refractivity (Wildman–Crippen MR) is 134 cm³/mol. The van der Waals surface area contributed by atoms with Crippen LogP contribution in [0.1, 0.15) is 27.6 Å². The van der Waals surface area contributed by atoms with Crippen LogP contribution in [0.4, 0.5) is 5.69 Å². The first-order valence-corrected chi connectivity index (χ1v) is 11.7. The van der Waals surface area contributed by atoms with Crippen molar-refractivity contribution in [2.24, 2.45) is 0 Å². The zero-order chi connectivity index (χ0) is 23.1. The van der Waals surface area contributed by atoms with Gasteiger partial charge in [0.05, 0.1) is 0 Å². The molecule has 2 heterocycles. The standard InChI is InChI=1S/C27H27ClN2O3/c1-17-12-23-26(22-7-5-4-6-21(17)22)19(15-28)16-30(23)27(31)25-14-18-13-20(8-9-24(18)33-25)32-11-10-29(2)3/h4-9,12-14,19H,10-11,15-16H2,1-3H3/t19-/m1/s1. The molecule has 0 saturated carbocycles. The molecule has 0 bridgehead atoms. The Morgan fingerprint density at radius 3 is 2.70 bits per heavy atom. The van der Waals surface area contributed by atoms with Crippen molar-refractivity contribution in [3.05, 3.63) is 71.5 Å². The molecular formula is C27H27ClN2O3. The van der Waals surface area contributed by atoms with Gasteiger partial charge in [-0.2, -0.15) is 0 Å². The van der Waals surface area contributed by atoms with Gasteiger partial charge < -0.3 is 19.0 Å². The number of rotatable bonds is 6. The van der Waals surface area contributed by atoms with Crippen molar-refractivity contribution in [3.8, 4) is 5.75 Å². The number of likely N-dealkylation sites (N-methyl/N-ethyl adjacent to an activating group) is 1. The minimum Gasteiger partial charge on any atom is -0.492 e. The SMILES string of the molecule is Cc1cc2c(c3ccccc13)[C@H](CCl)CN2C(=O)c1cc2cc(OCCN(C)C)ccc2o1. The number of benzene rings is 3. The van der Waals surface area contributed by atoms with Crippen molar-refractivity contribution in [2.75, 3.05) is 44.6 Å². The predicted octanol–water partition coefficient (Wildman–Crippen LogP) is 5.82.